The average molecular weight is 521 g/mol. The van der Waals surface area contributed by atoms with Crippen LogP contribution in [0.15, 0.2) is 82.8 Å². The van der Waals surface area contributed by atoms with Crippen LogP contribution < -0.4 is 9.64 Å². The highest BCUT2D eigenvalue weighted by molar-refractivity contribution is 9.10. The molecule has 1 atom stereocenters. The topological polar surface area (TPSA) is 79.7 Å². The van der Waals surface area contributed by atoms with Gasteiger partial charge in [-0.05, 0) is 35.9 Å². The van der Waals surface area contributed by atoms with Crippen LogP contribution in [0, 0.1) is 0 Å². The molecule has 6 nitrogen and oxygen atoms in total. The maximum atomic E-state index is 13.3. The summed E-state index contributed by atoms with van der Waals surface area (Å²) in [6.45, 7) is 0. The van der Waals surface area contributed by atoms with E-state index in [9.17, 15) is 14.7 Å². The number of hydrogen-bond acceptors (Lipinski definition) is 6. The monoisotopic (exact) mass is 520 g/mol. The fraction of sp³-hybridized carbons (Fsp3) is 0.0800. The van der Waals surface area contributed by atoms with Crippen molar-refractivity contribution >= 4 is 60.1 Å². The minimum absolute atomic E-state index is 0.0327. The Morgan fingerprint density at radius 3 is 2.48 bits per heavy atom. The van der Waals surface area contributed by atoms with Crippen molar-refractivity contribution in [3.8, 4) is 5.75 Å². The van der Waals surface area contributed by atoms with Gasteiger partial charge in [-0.1, -0.05) is 69.7 Å². The smallest absolute Gasteiger partial charge is 0.301 e. The molecule has 0 saturated carbocycles. The van der Waals surface area contributed by atoms with Gasteiger partial charge in [0.15, 0.2) is 5.13 Å². The molecule has 1 aliphatic heterocycles. The summed E-state index contributed by atoms with van der Waals surface area (Å²) >= 11 is 4.71. The lowest BCUT2D eigenvalue weighted by molar-refractivity contribution is -0.132. The number of methoxy groups -OCH3 is 1. The molecule has 1 unspecified atom stereocenters. The van der Waals surface area contributed by atoms with Crippen molar-refractivity contribution in [1.82, 2.24) is 4.98 Å². The summed E-state index contributed by atoms with van der Waals surface area (Å²) in [6.07, 6.45) is 0. The maximum Gasteiger partial charge on any atom is 0.301 e. The molecule has 4 aromatic rings. The molecule has 1 N–H and O–H groups in total. The molecule has 5 rings (SSSR count). The number of amides is 1. The Bertz CT molecular complexity index is 1410. The normalized spacial score (nSPS) is 17.6. The predicted octanol–water partition coefficient (Wildman–Crippen LogP) is 5.69. The fourth-order valence-electron chi connectivity index (χ4n) is 3.86. The highest BCUT2D eigenvalue weighted by Crippen LogP contribution is 2.44. The van der Waals surface area contributed by atoms with Gasteiger partial charge >= 0.3 is 5.91 Å². The Kier molecular flexibility index (Phi) is 5.47. The number of anilines is 1. The van der Waals surface area contributed by atoms with Crippen LogP contribution in [-0.2, 0) is 9.59 Å². The molecule has 1 amide bonds. The zero-order valence-electron chi connectivity index (χ0n) is 17.4. The van der Waals surface area contributed by atoms with Gasteiger partial charge in [-0.15, -0.1) is 0 Å². The molecular formula is C25H17BrN2O4S. The number of ether oxygens (including phenoxy) is 1. The van der Waals surface area contributed by atoms with Crippen LogP contribution in [0.3, 0.4) is 0 Å². The van der Waals surface area contributed by atoms with Crippen LogP contribution in [0.25, 0.3) is 16.0 Å². The fourth-order valence-corrected chi connectivity index (χ4v) is 5.15. The van der Waals surface area contributed by atoms with Crippen LogP contribution in [0.1, 0.15) is 17.2 Å². The Morgan fingerprint density at radius 1 is 1.06 bits per heavy atom. The van der Waals surface area contributed by atoms with E-state index >= 15 is 0 Å². The van der Waals surface area contributed by atoms with E-state index in [1.54, 1.807) is 37.4 Å². The van der Waals surface area contributed by atoms with Gasteiger partial charge in [0.1, 0.15) is 11.5 Å². The first-order chi connectivity index (χ1) is 16.0. The average Bonchev–Trinajstić information content (AvgIpc) is 3.37. The Morgan fingerprint density at radius 2 is 1.79 bits per heavy atom. The van der Waals surface area contributed by atoms with Gasteiger partial charge in [-0.3, -0.25) is 14.5 Å². The summed E-state index contributed by atoms with van der Waals surface area (Å²) in [7, 11) is 1.58. The van der Waals surface area contributed by atoms with Crippen LogP contribution >= 0.6 is 27.3 Å². The number of aromatic nitrogens is 1. The minimum Gasteiger partial charge on any atom is -0.507 e. The molecule has 8 heteroatoms. The van der Waals surface area contributed by atoms with Crippen molar-refractivity contribution in [3.63, 3.8) is 0 Å². The number of benzene rings is 3. The van der Waals surface area contributed by atoms with Crippen molar-refractivity contribution < 1.29 is 19.4 Å². The molecule has 3 aromatic carbocycles. The second-order valence-corrected chi connectivity index (χ2v) is 9.34. The molecular weight excluding hydrogens is 504 g/mol. The number of rotatable bonds is 4. The van der Waals surface area contributed by atoms with Crippen molar-refractivity contribution in [2.75, 3.05) is 12.0 Å². The molecule has 1 saturated heterocycles. The first-order valence-electron chi connectivity index (χ1n) is 10.0. The zero-order valence-corrected chi connectivity index (χ0v) is 19.8. The van der Waals surface area contributed by atoms with E-state index in [1.807, 2.05) is 42.5 Å². The summed E-state index contributed by atoms with van der Waals surface area (Å²) in [4.78, 5) is 32.5. The predicted molar refractivity (Wildman–Crippen MR) is 132 cm³/mol. The second-order valence-electron chi connectivity index (χ2n) is 7.42. The Labute approximate surface area is 201 Å². The summed E-state index contributed by atoms with van der Waals surface area (Å²) in [5.41, 5.74) is 1.87. The van der Waals surface area contributed by atoms with Gasteiger partial charge in [-0.2, -0.15) is 0 Å². The van der Waals surface area contributed by atoms with E-state index in [0.29, 0.717) is 27.5 Å². The quantitative estimate of drug-likeness (QED) is 0.212. The van der Waals surface area contributed by atoms with Crippen LogP contribution in [0.2, 0.25) is 0 Å². The third-order valence-electron chi connectivity index (χ3n) is 5.47. The molecule has 0 radical (unpaired) electrons. The maximum absolute atomic E-state index is 13.3. The zero-order chi connectivity index (χ0) is 23.1. The molecule has 1 fully saturated rings. The van der Waals surface area contributed by atoms with Crippen molar-refractivity contribution in [2.24, 2.45) is 0 Å². The number of ketones is 1. The third-order valence-corrected chi connectivity index (χ3v) is 7.01. The number of aliphatic hydroxyl groups is 1. The van der Waals surface area contributed by atoms with Crippen LogP contribution in [0.5, 0.6) is 5.75 Å². The number of thiazole rings is 1. The lowest BCUT2D eigenvalue weighted by Crippen LogP contribution is -2.29. The molecule has 0 bridgehead atoms. The first-order valence-corrected chi connectivity index (χ1v) is 11.7. The largest absolute Gasteiger partial charge is 0.507 e. The number of halogens is 1. The van der Waals surface area contributed by atoms with Gasteiger partial charge in [0.25, 0.3) is 5.78 Å². The Hall–Kier alpha value is -3.49. The highest BCUT2D eigenvalue weighted by Gasteiger charge is 2.48. The molecule has 1 aromatic heterocycles. The number of fused-ring (bicyclic) bond motifs is 1. The van der Waals surface area contributed by atoms with Gasteiger partial charge in [0.05, 0.1) is 28.9 Å². The van der Waals surface area contributed by atoms with Crippen molar-refractivity contribution in [3.05, 3.63) is 94.0 Å². The van der Waals surface area contributed by atoms with E-state index in [0.717, 1.165) is 9.17 Å². The van der Waals surface area contributed by atoms with Crippen LogP contribution in [-0.4, -0.2) is 28.9 Å². The summed E-state index contributed by atoms with van der Waals surface area (Å²) in [6, 6.07) is 20.7. The number of Topliss-reactive ketones (excluding diaryl/α,β-unsaturated/α-hetero) is 1. The molecule has 33 heavy (non-hydrogen) atoms. The number of hydrogen-bond donors (Lipinski definition) is 1. The van der Waals surface area contributed by atoms with Gasteiger partial charge < -0.3 is 9.84 Å². The molecule has 1 aliphatic rings. The number of carbonyl (C=O) groups is 2. The molecule has 0 spiro atoms. The summed E-state index contributed by atoms with van der Waals surface area (Å²) < 4.78 is 6.98. The number of carbonyl (C=O) groups excluding carboxylic acids is 2. The SMILES string of the molecule is COc1ccc2nc(N3C(=O)C(=O)C(=C(O)c4ccccc4)C3c3ccc(Br)cc3)sc2c1. The van der Waals surface area contributed by atoms with E-state index in [-0.39, 0.29) is 11.3 Å². The molecule has 0 aliphatic carbocycles. The lowest BCUT2D eigenvalue weighted by Gasteiger charge is -2.23. The van der Waals surface area contributed by atoms with Gasteiger partial charge in [-0.25, -0.2) is 4.98 Å². The lowest BCUT2D eigenvalue weighted by atomic mass is 9.95. The summed E-state index contributed by atoms with van der Waals surface area (Å²) in [5, 5.41) is 11.5. The van der Waals surface area contributed by atoms with Gasteiger partial charge in [0.2, 0.25) is 0 Å². The van der Waals surface area contributed by atoms with E-state index in [2.05, 4.69) is 20.9 Å². The minimum atomic E-state index is -0.819. The third kappa shape index (κ3) is 3.71. The summed E-state index contributed by atoms with van der Waals surface area (Å²) in [5.74, 6) is -1.02. The Balaban J connectivity index is 1.72. The first kappa shape index (κ1) is 21.4. The van der Waals surface area contributed by atoms with E-state index in [1.165, 1.54) is 16.2 Å². The molecule has 164 valence electrons. The number of nitrogens with zero attached hydrogens (tertiary/aromatic N) is 2. The van der Waals surface area contributed by atoms with E-state index < -0.39 is 17.7 Å². The number of aliphatic hydroxyl groups excluding tert-OH is 1. The van der Waals surface area contributed by atoms with Crippen LogP contribution in [0.4, 0.5) is 5.13 Å². The van der Waals surface area contributed by atoms with E-state index in [4.69, 9.17) is 4.74 Å². The van der Waals surface area contributed by atoms with Gasteiger partial charge in [0, 0.05) is 10.0 Å². The van der Waals surface area contributed by atoms with Crippen molar-refractivity contribution in [2.45, 2.75) is 6.04 Å². The van der Waals surface area contributed by atoms with Crippen molar-refractivity contribution in [1.29, 1.82) is 0 Å². The molecule has 2 heterocycles. The second kappa shape index (κ2) is 8.46. The highest BCUT2D eigenvalue weighted by atomic mass is 79.9. The standard InChI is InChI=1S/C25H17BrN2O4S/c1-32-17-11-12-18-19(13-17)33-25(27-18)28-21(14-7-9-16(26)10-8-14)20(23(30)24(28)31)22(29)15-5-3-2-4-6-15/h2-13,21,29H,1H3.